The van der Waals surface area contributed by atoms with Gasteiger partial charge in [-0.25, -0.2) is 29.0 Å². The minimum absolute atomic E-state index is 0.00408. The van der Waals surface area contributed by atoms with Crippen LogP contribution in [-0.4, -0.2) is 34.7 Å². The number of nitrogens with two attached hydrogens (primary N) is 1. The fourth-order valence-electron chi connectivity index (χ4n) is 1.49. The molecule has 4 N–H and O–H groups in total. The Hall–Kier alpha value is -2.04. The molecule has 0 aliphatic rings. The fraction of sp³-hybridized carbons (Fsp3) is 0.300. The molecule has 0 aliphatic carbocycles. The van der Waals surface area contributed by atoms with E-state index in [1.54, 1.807) is 10.9 Å². The van der Waals surface area contributed by atoms with Gasteiger partial charge in [-0.05, 0) is 12.5 Å². The topological polar surface area (TPSA) is 128 Å². The number of nitrogens with one attached hydrogen (secondary N) is 2. The molecule has 0 aliphatic heterocycles. The summed E-state index contributed by atoms with van der Waals surface area (Å²) in [5, 5.41) is 4.03. The van der Waals surface area contributed by atoms with Gasteiger partial charge >= 0.3 is 0 Å². The van der Waals surface area contributed by atoms with Crippen molar-refractivity contribution in [1.29, 1.82) is 0 Å². The van der Waals surface area contributed by atoms with Gasteiger partial charge in [-0.1, -0.05) is 0 Å². The maximum absolute atomic E-state index is 11.9. The van der Waals surface area contributed by atoms with Gasteiger partial charge in [0, 0.05) is 25.5 Å². The second kappa shape index (κ2) is 6.41. The summed E-state index contributed by atoms with van der Waals surface area (Å²) in [5.74, 6) is 5.26. The number of hydrazine groups is 1. The summed E-state index contributed by atoms with van der Waals surface area (Å²) in [6.07, 6.45) is 6.51. The number of aromatic nitrogens is 4. The number of hydrogen-bond acceptors (Lipinski definition) is 7. The molecule has 20 heavy (non-hydrogen) atoms. The van der Waals surface area contributed by atoms with Crippen LogP contribution in [-0.2, 0) is 16.6 Å². The van der Waals surface area contributed by atoms with E-state index in [4.69, 9.17) is 5.84 Å². The number of nitrogens with zero attached hydrogens (tertiary/aromatic N) is 4. The van der Waals surface area contributed by atoms with Crippen molar-refractivity contribution in [3.8, 4) is 0 Å². The molecule has 0 saturated heterocycles. The molecular formula is C10H15N7O2S. The maximum Gasteiger partial charge on any atom is 0.243 e. The lowest BCUT2D eigenvalue weighted by Gasteiger charge is -2.06. The van der Waals surface area contributed by atoms with Crippen molar-refractivity contribution in [1.82, 2.24) is 24.5 Å². The third-order valence-corrected chi connectivity index (χ3v) is 3.90. The Bertz CT molecular complexity index is 624. The van der Waals surface area contributed by atoms with Crippen LogP contribution in [0.25, 0.3) is 0 Å². The molecule has 2 rings (SSSR count). The lowest BCUT2D eigenvalue weighted by atomic mass is 10.4. The highest BCUT2D eigenvalue weighted by Crippen LogP contribution is 2.06. The smallest absolute Gasteiger partial charge is 0.243 e. The largest absolute Gasteiger partial charge is 0.292 e. The van der Waals surface area contributed by atoms with E-state index in [1.165, 1.54) is 12.4 Å². The molecule has 0 saturated carbocycles. The predicted molar refractivity (Wildman–Crippen MR) is 71.9 cm³/mol. The van der Waals surface area contributed by atoms with Crippen molar-refractivity contribution in [3.63, 3.8) is 0 Å². The van der Waals surface area contributed by atoms with Gasteiger partial charge in [0.25, 0.3) is 0 Å². The van der Waals surface area contributed by atoms with E-state index in [9.17, 15) is 8.42 Å². The van der Waals surface area contributed by atoms with Crippen molar-refractivity contribution < 1.29 is 8.42 Å². The van der Waals surface area contributed by atoms with E-state index in [0.29, 0.717) is 19.5 Å². The van der Waals surface area contributed by atoms with Crippen LogP contribution in [0, 0.1) is 0 Å². The molecule has 2 aromatic rings. The molecule has 108 valence electrons. The monoisotopic (exact) mass is 297 g/mol. The summed E-state index contributed by atoms with van der Waals surface area (Å²) in [5.41, 5.74) is 2.23. The van der Waals surface area contributed by atoms with E-state index < -0.39 is 10.0 Å². The summed E-state index contributed by atoms with van der Waals surface area (Å²) in [4.78, 5) is 7.50. The molecule has 0 unspecified atom stereocenters. The van der Waals surface area contributed by atoms with Gasteiger partial charge in [0.15, 0.2) is 0 Å². The zero-order valence-corrected chi connectivity index (χ0v) is 11.4. The van der Waals surface area contributed by atoms with Crippen molar-refractivity contribution >= 4 is 16.0 Å². The molecule has 0 amide bonds. The summed E-state index contributed by atoms with van der Waals surface area (Å²) in [6, 6.07) is 1.81. The molecule has 0 aromatic carbocycles. The fourth-order valence-corrected chi connectivity index (χ4v) is 2.46. The van der Waals surface area contributed by atoms with Crippen LogP contribution in [0.2, 0.25) is 0 Å². The maximum atomic E-state index is 11.9. The van der Waals surface area contributed by atoms with Crippen LogP contribution in [0.1, 0.15) is 6.42 Å². The average Bonchev–Trinajstić information content (AvgIpc) is 2.97. The summed E-state index contributed by atoms with van der Waals surface area (Å²) in [6.45, 7) is 0.946. The first-order valence-electron chi connectivity index (χ1n) is 5.87. The lowest BCUT2D eigenvalue weighted by molar-refractivity contribution is 0.552. The van der Waals surface area contributed by atoms with E-state index in [-0.39, 0.29) is 10.8 Å². The van der Waals surface area contributed by atoms with Gasteiger partial charge in [0.1, 0.15) is 4.90 Å². The molecule has 2 aromatic heterocycles. The van der Waals surface area contributed by atoms with Gasteiger partial charge in [-0.2, -0.15) is 5.10 Å². The third-order valence-electron chi connectivity index (χ3n) is 2.48. The Morgan fingerprint density at radius 2 is 2.05 bits per heavy atom. The second-order valence-electron chi connectivity index (χ2n) is 3.91. The lowest BCUT2D eigenvalue weighted by Crippen LogP contribution is -2.26. The van der Waals surface area contributed by atoms with Crippen molar-refractivity contribution in [3.05, 3.63) is 30.9 Å². The molecule has 0 fully saturated rings. The van der Waals surface area contributed by atoms with E-state index in [2.05, 4.69) is 25.2 Å². The number of rotatable bonds is 7. The number of sulfonamides is 1. The van der Waals surface area contributed by atoms with Gasteiger partial charge in [0.2, 0.25) is 16.0 Å². The van der Waals surface area contributed by atoms with Crippen LogP contribution >= 0.6 is 0 Å². The van der Waals surface area contributed by atoms with Gasteiger partial charge in [-0.3, -0.25) is 10.1 Å². The molecular weight excluding hydrogens is 282 g/mol. The first kappa shape index (κ1) is 14.4. The molecule has 0 radical (unpaired) electrons. The Kier molecular flexibility index (Phi) is 4.61. The molecule has 0 atom stereocenters. The summed E-state index contributed by atoms with van der Waals surface area (Å²) >= 11 is 0. The highest BCUT2D eigenvalue weighted by molar-refractivity contribution is 7.89. The van der Waals surface area contributed by atoms with Crippen LogP contribution in [0.3, 0.4) is 0 Å². The van der Waals surface area contributed by atoms with Crippen molar-refractivity contribution in [2.75, 3.05) is 12.0 Å². The van der Waals surface area contributed by atoms with Crippen molar-refractivity contribution in [2.45, 2.75) is 17.9 Å². The standard InChI is InChI=1S/C10H15N7O2S/c11-16-10-12-7-9(8-13-10)20(18,19)15-4-2-6-17-5-1-3-14-17/h1,3,5,7-8,15H,2,4,6,11H2,(H,12,13,16). The van der Waals surface area contributed by atoms with E-state index in [0.717, 1.165) is 0 Å². The van der Waals surface area contributed by atoms with Crippen molar-refractivity contribution in [2.24, 2.45) is 5.84 Å². The number of nitrogen functional groups attached to an aromatic ring is 1. The first-order valence-corrected chi connectivity index (χ1v) is 7.36. The highest BCUT2D eigenvalue weighted by Gasteiger charge is 2.14. The van der Waals surface area contributed by atoms with Crippen LogP contribution in [0.15, 0.2) is 35.7 Å². The third kappa shape index (κ3) is 3.73. The minimum Gasteiger partial charge on any atom is -0.292 e. The van der Waals surface area contributed by atoms with Crippen LogP contribution in [0.5, 0.6) is 0 Å². The van der Waals surface area contributed by atoms with E-state index in [1.807, 2.05) is 12.3 Å². The zero-order chi connectivity index (χ0) is 14.4. The number of aryl methyl sites for hydroxylation is 1. The van der Waals surface area contributed by atoms with Gasteiger partial charge in [0.05, 0.1) is 12.4 Å². The molecule has 10 heteroatoms. The van der Waals surface area contributed by atoms with Gasteiger partial charge in [-0.15, -0.1) is 0 Å². The summed E-state index contributed by atoms with van der Waals surface area (Å²) in [7, 11) is -3.60. The van der Waals surface area contributed by atoms with Crippen LogP contribution < -0.4 is 16.0 Å². The normalized spacial score (nSPS) is 11.4. The molecule has 0 bridgehead atoms. The number of anilines is 1. The Balaban J connectivity index is 1.86. The number of hydrogen-bond donors (Lipinski definition) is 3. The first-order chi connectivity index (χ1) is 9.62. The summed E-state index contributed by atoms with van der Waals surface area (Å²) < 4.78 is 28.1. The van der Waals surface area contributed by atoms with Crippen LogP contribution in [0.4, 0.5) is 5.95 Å². The Labute approximate surface area is 116 Å². The van der Waals surface area contributed by atoms with E-state index >= 15 is 0 Å². The SMILES string of the molecule is NNc1ncc(S(=O)(=O)NCCCn2cccn2)cn1. The molecule has 0 spiro atoms. The second-order valence-corrected chi connectivity index (χ2v) is 5.67. The average molecular weight is 297 g/mol. The predicted octanol–water partition coefficient (Wildman–Crippen LogP) is -0.673. The Morgan fingerprint density at radius 1 is 1.30 bits per heavy atom. The zero-order valence-electron chi connectivity index (χ0n) is 10.6. The van der Waals surface area contributed by atoms with Gasteiger partial charge < -0.3 is 0 Å². The molecule has 2 heterocycles. The quantitative estimate of drug-likeness (QED) is 0.351. The minimum atomic E-state index is -3.60. The Morgan fingerprint density at radius 3 is 2.65 bits per heavy atom. The molecule has 9 nitrogen and oxygen atoms in total. The highest BCUT2D eigenvalue weighted by atomic mass is 32.2.